The van der Waals surface area contributed by atoms with Gasteiger partial charge in [0.25, 0.3) is 0 Å². The number of carbonyl (C=O) groups excluding carboxylic acids is 5. The van der Waals surface area contributed by atoms with Crippen LogP contribution in [0.4, 0.5) is 0 Å². The number of carbonyl (C=O) groups is 5. The third kappa shape index (κ3) is 18.7. The lowest BCUT2D eigenvalue weighted by molar-refractivity contribution is -0.144. The molecule has 14 heteroatoms. The van der Waals surface area contributed by atoms with Crippen LogP contribution in [0.3, 0.4) is 0 Å². The van der Waals surface area contributed by atoms with E-state index in [0.29, 0.717) is 25.3 Å². The molecular weight excluding hydrogens is 729 g/mol. The number of hydrogen-bond acceptors (Lipinski definition) is 9. The maximum absolute atomic E-state index is 13.5. The summed E-state index contributed by atoms with van der Waals surface area (Å²) in [5.41, 5.74) is 0.964. The Kier molecular flexibility index (Phi) is 27.7. The van der Waals surface area contributed by atoms with Crippen molar-refractivity contribution in [3.8, 4) is 0 Å². The maximum atomic E-state index is 13.5. The van der Waals surface area contributed by atoms with E-state index in [1.807, 2.05) is 68.1 Å². The minimum Gasteiger partial charge on any atom is -0.395 e. The molecule has 7 unspecified atom stereocenters. The van der Waals surface area contributed by atoms with Gasteiger partial charge in [-0.1, -0.05) is 98.6 Å². The van der Waals surface area contributed by atoms with Crippen LogP contribution in [0.15, 0.2) is 30.3 Å². The predicted octanol–water partition coefficient (Wildman–Crippen LogP) is 3.50. The Labute approximate surface area is 344 Å². The van der Waals surface area contributed by atoms with E-state index in [9.17, 15) is 24.0 Å². The van der Waals surface area contributed by atoms with E-state index in [4.69, 9.17) is 14.6 Å². The topological polar surface area (TPSA) is 170 Å². The number of aliphatic hydroxyl groups excluding tert-OH is 1. The Balaban J connectivity index is 0.00000129. The minimum atomic E-state index is -0.610. The van der Waals surface area contributed by atoms with E-state index in [0.717, 1.165) is 24.8 Å². The van der Waals surface area contributed by atoms with Crippen molar-refractivity contribution < 1.29 is 38.6 Å². The first-order valence-corrected chi connectivity index (χ1v) is 20.7. The van der Waals surface area contributed by atoms with Crippen LogP contribution in [-0.4, -0.2) is 148 Å². The van der Waals surface area contributed by atoms with Crippen LogP contribution in [0.1, 0.15) is 93.1 Å². The van der Waals surface area contributed by atoms with Crippen LogP contribution in [0.5, 0.6) is 0 Å². The smallest absolute Gasteiger partial charge is 0.242 e. The molecule has 328 valence electrons. The Hall–Kier alpha value is -3.59. The van der Waals surface area contributed by atoms with Gasteiger partial charge in [0, 0.05) is 40.8 Å². The maximum Gasteiger partial charge on any atom is 0.242 e. The molecule has 14 nitrogen and oxygen atoms in total. The zero-order valence-electron chi connectivity index (χ0n) is 37.4. The zero-order chi connectivity index (χ0) is 43.7. The molecule has 4 N–H and O–H groups in total. The van der Waals surface area contributed by atoms with Gasteiger partial charge in [-0.3, -0.25) is 28.9 Å². The number of aliphatic hydroxyl groups is 1. The van der Waals surface area contributed by atoms with Crippen molar-refractivity contribution in [2.45, 2.75) is 130 Å². The number of amides is 5. The van der Waals surface area contributed by atoms with Crippen LogP contribution >= 0.6 is 0 Å². The van der Waals surface area contributed by atoms with E-state index < -0.39 is 12.1 Å². The molecular formula is C43H78N6O8. The molecule has 5 amide bonds. The summed E-state index contributed by atoms with van der Waals surface area (Å²) in [6.45, 7) is 17.3. The quantitative estimate of drug-likeness (QED) is 0.128. The molecule has 0 spiro atoms. The monoisotopic (exact) mass is 807 g/mol. The fraction of sp³-hybridized carbons (Fsp3) is 0.744. The van der Waals surface area contributed by atoms with Crippen LogP contribution in [0.25, 0.3) is 0 Å². The molecule has 0 aromatic heterocycles. The number of nitrogens with zero attached hydrogens (tertiary/aromatic N) is 3. The number of benzene rings is 1. The molecule has 0 aliphatic carbocycles. The number of ether oxygens (including phenoxy) is 2. The average molecular weight is 807 g/mol. The predicted molar refractivity (Wildman–Crippen MR) is 226 cm³/mol. The van der Waals surface area contributed by atoms with Gasteiger partial charge in [-0.05, 0) is 50.3 Å². The van der Waals surface area contributed by atoms with Gasteiger partial charge in [0.05, 0.1) is 49.9 Å². The first kappa shape index (κ1) is 53.4. The van der Waals surface area contributed by atoms with Gasteiger partial charge in [-0.2, -0.15) is 0 Å². The molecule has 57 heavy (non-hydrogen) atoms. The van der Waals surface area contributed by atoms with E-state index in [-0.39, 0.29) is 85.8 Å². The van der Waals surface area contributed by atoms with Gasteiger partial charge in [0.2, 0.25) is 30.0 Å². The molecule has 1 aliphatic rings. The van der Waals surface area contributed by atoms with E-state index in [2.05, 4.69) is 57.5 Å². The van der Waals surface area contributed by atoms with Crippen molar-refractivity contribution in [3.63, 3.8) is 0 Å². The fourth-order valence-electron chi connectivity index (χ4n) is 7.34. The highest BCUT2D eigenvalue weighted by atomic mass is 16.5. The summed E-state index contributed by atoms with van der Waals surface area (Å²) in [7, 11) is 8.78. The Morgan fingerprint density at radius 3 is 2.02 bits per heavy atom. The van der Waals surface area contributed by atoms with Gasteiger partial charge in [0.15, 0.2) is 0 Å². The van der Waals surface area contributed by atoms with Crippen molar-refractivity contribution in [1.82, 2.24) is 30.7 Å². The molecule has 1 aromatic carbocycles. The number of hydrogen-bond donors (Lipinski definition) is 4. The van der Waals surface area contributed by atoms with Gasteiger partial charge in [0.1, 0.15) is 6.04 Å². The molecule has 0 saturated carbocycles. The van der Waals surface area contributed by atoms with E-state index in [1.54, 1.807) is 26.2 Å². The molecule has 1 saturated heterocycles. The molecule has 1 aromatic rings. The summed E-state index contributed by atoms with van der Waals surface area (Å²) in [6, 6.07) is 8.23. The van der Waals surface area contributed by atoms with Crippen molar-refractivity contribution in [2.75, 3.05) is 61.6 Å². The molecule has 0 radical (unpaired) electrons. The van der Waals surface area contributed by atoms with Gasteiger partial charge in [-0.25, -0.2) is 0 Å². The number of nitrogens with one attached hydrogen (secondary N) is 3. The lowest BCUT2D eigenvalue weighted by atomic mass is 9.90. The van der Waals surface area contributed by atoms with Crippen molar-refractivity contribution in [3.05, 3.63) is 35.9 Å². The van der Waals surface area contributed by atoms with Crippen LogP contribution in [0.2, 0.25) is 0 Å². The molecule has 1 heterocycles. The second kappa shape index (κ2) is 29.6. The van der Waals surface area contributed by atoms with Gasteiger partial charge in [-0.15, -0.1) is 0 Å². The first-order valence-electron chi connectivity index (χ1n) is 20.7. The normalized spacial score (nSPS) is 16.9. The number of likely N-dealkylation sites (N-methyl/N-ethyl adjacent to an activating group) is 2. The van der Waals surface area contributed by atoms with Crippen molar-refractivity contribution >= 4 is 30.0 Å². The van der Waals surface area contributed by atoms with Gasteiger partial charge >= 0.3 is 0 Å². The number of rotatable bonds is 22. The zero-order valence-corrected chi connectivity index (χ0v) is 37.4. The second-order valence-corrected chi connectivity index (χ2v) is 15.7. The third-order valence-electron chi connectivity index (χ3n) is 10.2. The first-order chi connectivity index (χ1) is 27.0. The van der Waals surface area contributed by atoms with Crippen molar-refractivity contribution in [2.24, 2.45) is 17.8 Å². The highest BCUT2D eigenvalue weighted by Crippen LogP contribution is 2.29. The summed E-state index contributed by atoms with van der Waals surface area (Å²) in [5, 5.41) is 16.4. The summed E-state index contributed by atoms with van der Waals surface area (Å²) in [4.78, 5) is 67.0. The molecule has 2 rings (SSSR count). The third-order valence-corrected chi connectivity index (χ3v) is 10.2. The van der Waals surface area contributed by atoms with E-state index in [1.165, 1.54) is 6.42 Å². The lowest BCUT2D eigenvalue weighted by Crippen LogP contribution is -2.55. The highest BCUT2D eigenvalue weighted by Gasteiger charge is 2.40. The van der Waals surface area contributed by atoms with Crippen LogP contribution in [-0.2, 0) is 39.9 Å². The molecule has 1 fully saturated rings. The standard InChI is InChI=1S/C28H54N4O5.C12H16N2O3.C3H8/c1-12-20(6)26(31(9)24(34)17-29-28(35)25(18(2)3)30(7)8)22(36-10)16-23(33)32-15-13-14-21(32)27(37-11)19(4)5;15-7-6-13-12(17)11(14-9-16)8-10-4-2-1-3-5-10;1-3-2/h18-22,25-27H,12-17H2,1-11H3,(H,29,35);1-5,9,11,15H,6-8H2,(H,13,17)(H,14,16);3H2,1-2H3. The SMILES string of the molecule is CCC.CCC(C)C(C(CC(=O)N1CCCC1C(OC)C(C)C)OC)N(C)C(=O)CNC(=O)C(C(C)C)N(C)C.O=CNC(Cc1ccccc1)C(=O)NCCO. The molecule has 7 atom stereocenters. The van der Waals surface area contributed by atoms with Crippen LogP contribution in [0, 0.1) is 17.8 Å². The summed E-state index contributed by atoms with van der Waals surface area (Å²) in [6.07, 6.45) is 4.61. The number of likely N-dealkylation sites (tertiary alicyclic amines) is 1. The highest BCUT2D eigenvalue weighted by molar-refractivity contribution is 5.88. The van der Waals surface area contributed by atoms with Crippen LogP contribution < -0.4 is 16.0 Å². The Morgan fingerprint density at radius 2 is 1.54 bits per heavy atom. The Bertz CT molecular complexity index is 1280. The molecule has 0 bridgehead atoms. The lowest BCUT2D eigenvalue weighted by Gasteiger charge is -2.39. The fourth-order valence-corrected chi connectivity index (χ4v) is 7.34. The number of methoxy groups -OCH3 is 2. The van der Waals surface area contributed by atoms with Crippen molar-refractivity contribution in [1.29, 1.82) is 0 Å². The summed E-state index contributed by atoms with van der Waals surface area (Å²) >= 11 is 0. The summed E-state index contributed by atoms with van der Waals surface area (Å²) in [5.74, 6) is -0.116. The summed E-state index contributed by atoms with van der Waals surface area (Å²) < 4.78 is 11.6. The minimum absolute atomic E-state index is 0.0116. The largest absolute Gasteiger partial charge is 0.395 e. The average Bonchev–Trinajstić information content (AvgIpc) is 3.65. The van der Waals surface area contributed by atoms with Gasteiger partial charge < -0.3 is 40.3 Å². The second-order valence-electron chi connectivity index (χ2n) is 15.7. The Morgan fingerprint density at radius 1 is 0.930 bits per heavy atom. The molecule has 1 aliphatic heterocycles. The van der Waals surface area contributed by atoms with E-state index >= 15 is 0 Å².